The topological polar surface area (TPSA) is 87.7 Å². The lowest BCUT2D eigenvalue weighted by molar-refractivity contribution is -0.137. The minimum Gasteiger partial charge on any atom is -0.280 e. The molecule has 0 unspecified atom stereocenters. The molecular weight excluding hydrogens is 429 g/mol. The molecule has 0 fully saturated rings. The molecule has 0 atom stereocenters. The van der Waals surface area contributed by atoms with Gasteiger partial charge in [-0.15, -0.1) is 0 Å². The molecule has 0 aliphatic rings. The van der Waals surface area contributed by atoms with Gasteiger partial charge < -0.3 is 0 Å². The summed E-state index contributed by atoms with van der Waals surface area (Å²) >= 11 is 0. The van der Waals surface area contributed by atoms with Gasteiger partial charge in [-0.05, 0) is 54.1 Å². The van der Waals surface area contributed by atoms with Gasteiger partial charge in [-0.25, -0.2) is 8.42 Å². The summed E-state index contributed by atoms with van der Waals surface area (Å²) in [6.07, 6.45) is 0.422. The summed E-state index contributed by atoms with van der Waals surface area (Å²) in [4.78, 5) is 3.72. The quantitative estimate of drug-likeness (QED) is 0.456. The lowest BCUT2D eigenvalue weighted by Crippen LogP contribution is -2.13. The number of alkyl halides is 3. The number of aromatic amines is 1. The molecule has 4 rings (SSSR count). The van der Waals surface area contributed by atoms with E-state index in [1.165, 1.54) is 0 Å². The molecule has 0 amide bonds. The zero-order valence-corrected chi connectivity index (χ0v) is 16.6. The molecule has 0 aliphatic carbocycles. The smallest absolute Gasteiger partial charge is 0.280 e. The first-order chi connectivity index (χ1) is 14.7. The van der Waals surface area contributed by atoms with E-state index in [4.69, 9.17) is 0 Å². The van der Waals surface area contributed by atoms with E-state index >= 15 is 0 Å². The van der Waals surface area contributed by atoms with Gasteiger partial charge in [-0.2, -0.15) is 18.3 Å². The maximum atomic E-state index is 12.7. The van der Waals surface area contributed by atoms with Crippen LogP contribution in [-0.2, 0) is 16.2 Å². The van der Waals surface area contributed by atoms with Gasteiger partial charge in [0.25, 0.3) is 10.0 Å². The highest BCUT2D eigenvalue weighted by atomic mass is 32.2. The summed E-state index contributed by atoms with van der Waals surface area (Å²) in [5, 5.41) is 6.99. The maximum Gasteiger partial charge on any atom is 0.416 e. The van der Waals surface area contributed by atoms with Crippen LogP contribution in [0.5, 0.6) is 0 Å². The molecule has 0 saturated carbocycles. The fourth-order valence-electron chi connectivity index (χ4n) is 3.03. The first kappa shape index (κ1) is 20.6. The number of sulfonamides is 1. The first-order valence-corrected chi connectivity index (χ1v) is 10.5. The molecule has 6 nitrogen and oxygen atoms in total. The van der Waals surface area contributed by atoms with Gasteiger partial charge >= 0.3 is 6.18 Å². The van der Waals surface area contributed by atoms with E-state index in [1.807, 2.05) is 12.1 Å². The molecule has 31 heavy (non-hydrogen) atoms. The van der Waals surface area contributed by atoms with Crippen LogP contribution in [0.4, 0.5) is 18.9 Å². The summed E-state index contributed by atoms with van der Waals surface area (Å²) in [5.74, 6) is 0. The van der Waals surface area contributed by atoms with Crippen LogP contribution in [0.15, 0.2) is 84.1 Å². The lowest BCUT2D eigenvalue weighted by atomic mass is 10.0. The molecule has 0 radical (unpaired) electrons. The third kappa shape index (κ3) is 4.43. The van der Waals surface area contributed by atoms with Crippen molar-refractivity contribution in [1.29, 1.82) is 0 Å². The van der Waals surface area contributed by atoms with E-state index in [1.54, 1.807) is 42.9 Å². The second-order valence-electron chi connectivity index (χ2n) is 6.60. The van der Waals surface area contributed by atoms with Gasteiger partial charge in [0.2, 0.25) is 0 Å². The molecule has 2 heterocycles. The highest BCUT2D eigenvalue weighted by Crippen LogP contribution is 2.32. The number of hydrogen-bond acceptors (Lipinski definition) is 4. The third-order valence-corrected chi connectivity index (χ3v) is 5.92. The molecule has 2 aromatic heterocycles. The van der Waals surface area contributed by atoms with Gasteiger partial charge in [-0.3, -0.25) is 14.8 Å². The van der Waals surface area contributed by atoms with Crippen molar-refractivity contribution < 1.29 is 21.6 Å². The number of nitrogens with one attached hydrogen (secondary N) is 2. The van der Waals surface area contributed by atoms with E-state index in [0.29, 0.717) is 11.3 Å². The fraction of sp³-hybridized carbons (Fsp3) is 0.0476. The highest BCUT2D eigenvalue weighted by molar-refractivity contribution is 7.92. The summed E-state index contributed by atoms with van der Waals surface area (Å²) < 4.78 is 65.8. The second kappa shape index (κ2) is 7.88. The van der Waals surface area contributed by atoms with Crippen molar-refractivity contribution in [3.05, 3.63) is 84.8 Å². The van der Waals surface area contributed by atoms with Crippen molar-refractivity contribution in [2.75, 3.05) is 4.72 Å². The standard InChI is InChI=1S/C21H15F3N4O2S/c22-21(23,24)16-4-6-18(7-5-16)31(29,30)28-17-3-1-2-15(12-17)20-19(13-26-27-20)14-8-10-25-11-9-14/h1-13,28H,(H,26,27). The second-order valence-corrected chi connectivity index (χ2v) is 8.29. The predicted molar refractivity (Wildman–Crippen MR) is 110 cm³/mol. The number of pyridine rings is 1. The Bertz CT molecular complexity index is 1300. The molecule has 0 bridgehead atoms. The minimum atomic E-state index is -4.54. The average molecular weight is 444 g/mol. The van der Waals surface area contributed by atoms with Gasteiger partial charge in [0.15, 0.2) is 0 Å². The van der Waals surface area contributed by atoms with Crippen LogP contribution in [0.25, 0.3) is 22.4 Å². The van der Waals surface area contributed by atoms with Crippen LogP contribution in [-0.4, -0.2) is 23.6 Å². The number of rotatable bonds is 5. The highest BCUT2D eigenvalue weighted by Gasteiger charge is 2.30. The molecule has 2 N–H and O–H groups in total. The van der Waals surface area contributed by atoms with Crippen molar-refractivity contribution >= 4 is 15.7 Å². The molecule has 10 heteroatoms. The summed E-state index contributed by atoms with van der Waals surface area (Å²) in [6.45, 7) is 0. The lowest BCUT2D eigenvalue weighted by Gasteiger charge is -2.11. The number of nitrogens with zero attached hydrogens (tertiary/aromatic N) is 2. The van der Waals surface area contributed by atoms with E-state index in [2.05, 4.69) is 19.9 Å². The van der Waals surface area contributed by atoms with Crippen molar-refractivity contribution in [3.8, 4) is 22.4 Å². The monoisotopic (exact) mass is 444 g/mol. The fourth-order valence-corrected chi connectivity index (χ4v) is 4.08. The van der Waals surface area contributed by atoms with Crippen LogP contribution in [0.2, 0.25) is 0 Å². The van der Waals surface area contributed by atoms with E-state index in [0.717, 1.165) is 35.4 Å². The molecule has 0 aliphatic heterocycles. The Kier molecular flexibility index (Phi) is 5.24. The van der Waals surface area contributed by atoms with Gasteiger partial charge in [-0.1, -0.05) is 12.1 Å². The summed E-state index contributed by atoms with van der Waals surface area (Å²) in [6, 6.07) is 13.6. The number of H-pyrrole nitrogens is 1. The molecule has 0 spiro atoms. The van der Waals surface area contributed by atoms with Crippen molar-refractivity contribution in [3.63, 3.8) is 0 Å². The van der Waals surface area contributed by atoms with E-state index in [9.17, 15) is 21.6 Å². The summed E-state index contributed by atoms with van der Waals surface area (Å²) in [5.41, 5.74) is 2.39. The SMILES string of the molecule is O=S(=O)(Nc1cccc(-c2[nH]ncc2-c2ccncc2)c1)c1ccc(C(F)(F)F)cc1. The Morgan fingerprint density at radius 2 is 1.61 bits per heavy atom. The number of hydrogen-bond donors (Lipinski definition) is 2. The van der Waals surface area contributed by atoms with Crippen molar-refractivity contribution in [1.82, 2.24) is 15.2 Å². The molecule has 2 aromatic carbocycles. The van der Waals surface area contributed by atoms with Crippen LogP contribution in [0.3, 0.4) is 0 Å². The Balaban J connectivity index is 1.62. The number of halogens is 3. The zero-order chi connectivity index (χ0) is 22.1. The Hall–Kier alpha value is -3.66. The van der Waals surface area contributed by atoms with Crippen LogP contribution in [0.1, 0.15) is 5.56 Å². The first-order valence-electron chi connectivity index (χ1n) is 8.98. The van der Waals surface area contributed by atoms with Crippen molar-refractivity contribution in [2.24, 2.45) is 0 Å². The van der Waals surface area contributed by atoms with Gasteiger partial charge in [0.05, 0.1) is 22.3 Å². The van der Waals surface area contributed by atoms with Crippen LogP contribution in [0, 0.1) is 0 Å². The van der Waals surface area contributed by atoms with Crippen molar-refractivity contribution in [2.45, 2.75) is 11.1 Å². The number of anilines is 1. The summed E-state index contributed by atoms with van der Waals surface area (Å²) in [7, 11) is -4.07. The number of benzene rings is 2. The molecule has 158 valence electrons. The predicted octanol–water partition coefficient (Wildman–Crippen LogP) is 4.96. The molecular formula is C21H15F3N4O2S. The molecule has 4 aromatic rings. The number of aromatic nitrogens is 3. The Morgan fingerprint density at radius 1 is 0.903 bits per heavy atom. The van der Waals surface area contributed by atoms with Gasteiger partial charge in [0, 0.05) is 29.2 Å². The normalized spacial score (nSPS) is 12.0. The maximum absolute atomic E-state index is 12.7. The van der Waals surface area contributed by atoms with Gasteiger partial charge in [0.1, 0.15) is 0 Å². The zero-order valence-electron chi connectivity index (χ0n) is 15.8. The largest absolute Gasteiger partial charge is 0.416 e. The third-order valence-electron chi connectivity index (χ3n) is 4.53. The Morgan fingerprint density at radius 3 is 2.29 bits per heavy atom. The van der Waals surface area contributed by atoms with E-state index < -0.39 is 21.8 Å². The van der Waals surface area contributed by atoms with E-state index in [-0.39, 0.29) is 10.6 Å². The Labute approximate surface area is 175 Å². The molecule has 0 saturated heterocycles. The van der Waals surface area contributed by atoms with Crippen LogP contribution < -0.4 is 4.72 Å². The minimum absolute atomic E-state index is 0.257. The average Bonchev–Trinajstić information content (AvgIpc) is 3.24. The van der Waals surface area contributed by atoms with Crippen LogP contribution >= 0.6 is 0 Å².